The molecule has 1 heterocycles. The van der Waals surface area contributed by atoms with Crippen molar-refractivity contribution in [1.82, 2.24) is 10.2 Å². The van der Waals surface area contributed by atoms with Crippen LogP contribution < -0.4 is 11.1 Å². The standard InChI is InChI=1S/C12H24N4O2/c1-10(2)9-15-12(13)14-4-3-11(17)16-5-7-18-8-6-16/h10H,3-9H2,1-2H3,(H3,13,14,15). The first kappa shape index (κ1) is 14.8. The highest BCUT2D eigenvalue weighted by Gasteiger charge is 2.15. The van der Waals surface area contributed by atoms with Crippen molar-refractivity contribution in [2.24, 2.45) is 16.6 Å². The number of ether oxygens (including phenoxy) is 1. The summed E-state index contributed by atoms with van der Waals surface area (Å²) >= 11 is 0. The van der Waals surface area contributed by atoms with Crippen LogP contribution in [0.5, 0.6) is 0 Å². The molecule has 0 spiro atoms. The van der Waals surface area contributed by atoms with Crippen LogP contribution in [-0.2, 0) is 9.53 Å². The fourth-order valence-electron chi connectivity index (χ4n) is 1.61. The molecule has 0 bridgehead atoms. The molecular formula is C12H24N4O2. The van der Waals surface area contributed by atoms with E-state index in [1.807, 2.05) is 4.90 Å². The average Bonchev–Trinajstić information content (AvgIpc) is 2.37. The zero-order chi connectivity index (χ0) is 13.4. The molecule has 0 aliphatic carbocycles. The first-order valence-electron chi connectivity index (χ1n) is 6.49. The predicted octanol–water partition coefficient (Wildman–Crippen LogP) is -0.204. The molecule has 1 rings (SSSR count). The lowest BCUT2D eigenvalue weighted by Gasteiger charge is -2.26. The Morgan fingerprint density at radius 1 is 1.44 bits per heavy atom. The number of morpholine rings is 1. The van der Waals surface area contributed by atoms with E-state index in [0.717, 1.165) is 0 Å². The number of hydrogen-bond donors (Lipinski definition) is 2. The number of nitrogens with one attached hydrogen (secondary N) is 1. The molecule has 0 aromatic carbocycles. The Hall–Kier alpha value is -1.30. The van der Waals surface area contributed by atoms with Gasteiger partial charge >= 0.3 is 0 Å². The Bertz CT molecular complexity index is 286. The van der Waals surface area contributed by atoms with Crippen LogP contribution in [0.3, 0.4) is 0 Å². The molecule has 1 amide bonds. The Labute approximate surface area is 109 Å². The third-order valence-electron chi connectivity index (χ3n) is 2.64. The minimum Gasteiger partial charge on any atom is -0.378 e. The number of aliphatic imine (C=N–C) groups is 1. The van der Waals surface area contributed by atoms with Crippen molar-refractivity contribution in [1.29, 1.82) is 0 Å². The highest BCUT2D eigenvalue weighted by Crippen LogP contribution is 1.99. The second-order valence-corrected chi connectivity index (χ2v) is 4.79. The number of carbonyl (C=O) groups excluding carboxylic acids is 1. The molecular weight excluding hydrogens is 232 g/mol. The molecule has 0 saturated carbocycles. The van der Waals surface area contributed by atoms with Crippen molar-refractivity contribution in [2.75, 3.05) is 39.4 Å². The lowest BCUT2D eigenvalue weighted by atomic mass is 10.2. The Balaban J connectivity index is 2.16. The number of nitrogens with two attached hydrogens (primary N) is 1. The Morgan fingerprint density at radius 2 is 2.11 bits per heavy atom. The first-order valence-corrected chi connectivity index (χ1v) is 6.49. The van der Waals surface area contributed by atoms with Crippen molar-refractivity contribution in [2.45, 2.75) is 20.3 Å². The number of carbonyl (C=O) groups is 1. The molecule has 0 aromatic rings. The summed E-state index contributed by atoms with van der Waals surface area (Å²) in [6.07, 6.45) is 0.442. The van der Waals surface area contributed by atoms with Gasteiger partial charge in [0.25, 0.3) is 0 Å². The second kappa shape index (κ2) is 7.92. The van der Waals surface area contributed by atoms with E-state index >= 15 is 0 Å². The van der Waals surface area contributed by atoms with Crippen LogP contribution in [0.25, 0.3) is 0 Å². The number of rotatable bonds is 5. The topological polar surface area (TPSA) is 79.9 Å². The normalized spacial score (nSPS) is 17.1. The summed E-state index contributed by atoms with van der Waals surface area (Å²) in [6.45, 7) is 8.05. The Kier molecular flexibility index (Phi) is 6.49. The minimum absolute atomic E-state index is 0.141. The first-order chi connectivity index (χ1) is 8.59. The van der Waals surface area contributed by atoms with Gasteiger partial charge in [-0.2, -0.15) is 0 Å². The molecule has 0 atom stereocenters. The molecule has 1 aliphatic rings. The van der Waals surface area contributed by atoms with Crippen LogP contribution in [0.2, 0.25) is 0 Å². The molecule has 0 unspecified atom stereocenters. The lowest BCUT2D eigenvalue weighted by molar-refractivity contribution is -0.135. The molecule has 0 aromatic heterocycles. The zero-order valence-electron chi connectivity index (χ0n) is 11.3. The Morgan fingerprint density at radius 3 is 2.72 bits per heavy atom. The van der Waals surface area contributed by atoms with E-state index in [0.29, 0.717) is 57.7 Å². The second-order valence-electron chi connectivity index (χ2n) is 4.79. The molecule has 104 valence electrons. The maximum Gasteiger partial charge on any atom is 0.224 e. The van der Waals surface area contributed by atoms with Gasteiger partial charge in [-0.25, -0.2) is 0 Å². The number of hydrogen-bond acceptors (Lipinski definition) is 3. The van der Waals surface area contributed by atoms with Gasteiger partial charge in [-0.15, -0.1) is 0 Å². The summed E-state index contributed by atoms with van der Waals surface area (Å²) in [5.74, 6) is 1.04. The summed E-state index contributed by atoms with van der Waals surface area (Å²) in [5.41, 5.74) is 5.68. The smallest absolute Gasteiger partial charge is 0.224 e. The van der Waals surface area contributed by atoms with E-state index in [2.05, 4.69) is 24.2 Å². The molecule has 0 radical (unpaired) electrons. The highest BCUT2D eigenvalue weighted by molar-refractivity contribution is 5.80. The maximum absolute atomic E-state index is 11.8. The van der Waals surface area contributed by atoms with Gasteiger partial charge in [-0.05, 0) is 5.92 Å². The van der Waals surface area contributed by atoms with E-state index in [9.17, 15) is 4.79 Å². The van der Waals surface area contributed by atoms with Crippen LogP contribution >= 0.6 is 0 Å². The fourth-order valence-corrected chi connectivity index (χ4v) is 1.61. The third kappa shape index (κ3) is 5.86. The number of amides is 1. The van der Waals surface area contributed by atoms with Gasteiger partial charge in [0.15, 0.2) is 5.96 Å². The van der Waals surface area contributed by atoms with E-state index < -0.39 is 0 Å². The zero-order valence-corrected chi connectivity index (χ0v) is 11.3. The van der Waals surface area contributed by atoms with Gasteiger partial charge in [0.1, 0.15) is 0 Å². The average molecular weight is 256 g/mol. The van der Waals surface area contributed by atoms with Crippen molar-refractivity contribution in [3.05, 3.63) is 0 Å². The van der Waals surface area contributed by atoms with Gasteiger partial charge in [0, 0.05) is 32.6 Å². The van der Waals surface area contributed by atoms with Gasteiger partial charge in [-0.3, -0.25) is 9.79 Å². The molecule has 3 N–H and O–H groups in total. The highest BCUT2D eigenvalue weighted by atomic mass is 16.5. The molecule has 6 nitrogen and oxygen atoms in total. The van der Waals surface area contributed by atoms with Crippen LogP contribution in [0.4, 0.5) is 0 Å². The third-order valence-corrected chi connectivity index (χ3v) is 2.64. The molecule has 1 fully saturated rings. The minimum atomic E-state index is 0.141. The van der Waals surface area contributed by atoms with Crippen LogP contribution in [0.15, 0.2) is 4.99 Å². The monoisotopic (exact) mass is 256 g/mol. The van der Waals surface area contributed by atoms with Crippen LogP contribution in [-0.4, -0.2) is 56.2 Å². The SMILES string of the molecule is CC(C)CN=C(N)NCCC(=O)N1CCOCC1. The molecule has 1 saturated heterocycles. The maximum atomic E-state index is 11.8. The summed E-state index contributed by atoms with van der Waals surface area (Å²) in [4.78, 5) is 17.8. The number of nitrogens with zero attached hydrogens (tertiary/aromatic N) is 2. The van der Waals surface area contributed by atoms with Crippen LogP contribution in [0.1, 0.15) is 20.3 Å². The van der Waals surface area contributed by atoms with Gasteiger partial charge in [-0.1, -0.05) is 13.8 Å². The van der Waals surface area contributed by atoms with Crippen molar-refractivity contribution < 1.29 is 9.53 Å². The van der Waals surface area contributed by atoms with E-state index in [1.165, 1.54) is 0 Å². The summed E-state index contributed by atoms with van der Waals surface area (Å²) < 4.78 is 5.20. The molecule has 1 aliphatic heterocycles. The van der Waals surface area contributed by atoms with Gasteiger partial charge in [0.2, 0.25) is 5.91 Å². The summed E-state index contributed by atoms with van der Waals surface area (Å²) in [6, 6.07) is 0. The van der Waals surface area contributed by atoms with Crippen LogP contribution in [0, 0.1) is 5.92 Å². The predicted molar refractivity (Wildman–Crippen MR) is 71.3 cm³/mol. The van der Waals surface area contributed by atoms with Gasteiger partial charge < -0.3 is 20.7 Å². The molecule has 6 heteroatoms. The molecule has 18 heavy (non-hydrogen) atoms. The fraction of sp³-hybridized carbons (Fsp3) is 0.833. The van der Waals surface area contributed by atoms with Crippen molar-refractivity contribution >= 4 is 11.9 Å². The summed E-state index contributed by atoms with van der Waals surface area (Å²) in [5, 5.41) is 2.96. The quantitative estimate of drug-likeness (QED) is 0.527. The van der Waals surface area contributed by atoms with Crippen molar-refractivity contribution in [3.63, 3.8) is 0 Å². The largest absolute Gasteiger partial charge is 0.378 e. The van der Waals surface area contributed by atoms with Crippen molar-refractivity contribution in [3.8, 4) is 0 Å². The lowest BCUT2D eigenvalue weighted by Crippen LogP contribution is -2.42. The van der Waals surface area contributed by atoms with E-state index in [-0.39, 0.29) is 5.91 Å². The summed E-state index contributed by atoms with van der Waals surface area (Å²) in [7, 11) is 0. The van der Waals surface area contributed by atoms with Gasteiger partial charge in [0.05, 0.1) is 13.2 Å². The van der Waals surface area contributed by atoms with E-state index in [4.69, 9.17) is 10.5 Å². The number of guanidine groups is 1. The van der Waals surface area contributed by atoms with E-state index in [1.54, 1.807) is 0 Å².